The van der Waals surface area contributed by atoms with Crippen LogP contribution in [0.3, 0.4) is 0 Å². The van der Waals surface area contributed by atoms with Crippen molar-refractivity contribution in [3.05, 3.63) is 52.6 Å². The highest BCUT2D eigenvalue weighted by Crippen LogP contribution is 2.38. The minimum atomic E-state index is 0.154. The first-order valence-electron chi connectivity index (χ1n) is 7.37. The summed E-state index contributed by atoms with van der Waals surface area (Å²) in [5.41, 5.74) is 4.39. The molecule has 4 nitrogen and oxygen atoms in total. The molecule has 0 aliphatic heterocycles. The second-order valence-corrected chi connectivity index (χ2v) is 6.11. The van der Waals surface area contributed by atoms with Crippen molar-refractivity contribution < 1.29 is 9.84 Å². The minimum Gasteiger partial charge on any atom is -0.507 e. The molecular weight excluding hydrogens is 356 g/mol. The van der Waals surface area contributed by atoms with Gasteiger partial charge in [0.15, 0.2) is 0 Å². The molecule has 0 fully saturated rings. The fraction of sp³-hybridized carbons (Fsp3) is 0.167. The van der Waals surface area contributed by atoms with Crippen molar-refractivity contribution in [1.82, 2.24) is 10.2 Å². The van der Waals surface area contributed by atoms with Gasteiger partial charge in [0, 0.05) is 27.4 Å². The van der Waals surface area contributed by atoms with E-state index in [4.69, 9.17) is 4.74 Å². The Labute approximate surface area is 143 Å². The van der Waals surface area contributed by atoms with Crippen molar-refractivity contribution >= 4 is 15.9 Å². The van der Waals surface area contributed by atoms with Crippen LogP contribution < -0.4 is 4.74 Å². The van der Waals surface area contributed by atoms with Gasteiger partial charge >= 0.3 is 0 Å². The third-order valence-corrected chi connectivity index (χ3v) is 4.14. The van der Waals surface area contributed by atoms with Crippen molar-refractivity contribution in [1.29, 1.82) is 0 Å². The lowest BCUT2D eigenvalue weighted by molar-refractivity contribution is 0.338. The van der Waals surface area contributed by atoms with Crippen LogP contribution in [-0.4, -0.2) is 21.9 Å². The number of hydrogen-bond donors (Lipinski definition) is 2. The first kappa shape index (κ1) is 15.6. The van der Waals surface area contributed by atoms with Gasteiger partial charge in [-0.1, -0.05) is 28.1 Å². The van der Waals surface area contributed by atoms with Crippen molar-refractivity contribution in [2.75, 3.05) is 6.61 Å². The number of phenols is 1. The summed E-state index contributed by atoms with van der Waals surface area (Å²) in [6, 6.07) is 13.3. The van der Waals surface area contributed by atoms with Gasteiger partial charge in [0.1, 0.15) is 17.2 Å². The lowest BCUT2D eigenvalue weighted by Crippen LogP contribution is -1.92. The zero-order valence-corrected chi connectivity index (χ0v) is 14.5. The minimum absolute atomic E-state index is 0.154. The molecule has 118 valence electrons. The molecule has 0 aliphatic carbocycles. The number of benzene rings is 2. The van der Waals surface area contributed by atoms with Crippen LogP contribution in [0.1, 0.15) is 12.6 Å². The molecule has 0 radical (unpaired) electrons. The number of hydrogen-bond acceptors (Lipinski definition) is 3. The number of aromatic hydroxyl groups is 1. The lowest BCUT2D eigenvalue weighted by atomic mass is 9.99. The van der Waals surface area contributed by atoms with Crippen LogP contribution in [-0.2, 0) is 0 Å². The summed E-state index contributed by atoms with van der Waals surface area (Å²) < 4.78 is 6.44. The number of H-pyrrole nitrogens is 1. The highest BCUT2D eigenvalue weighted by Gasteiger charge is 2.17. The molecule has 0 saturated carbocycles. The van der Waals surface area contributed by atoms with Gasteiger partial charge in [-0.05, 0) is 43.7 Å². The zero-order chi connectivity index (χ0) is 16.4. The Kier molecular flexibility index (Phi) is 4.39. The highest BCUT2D eigenvalue weighted by molar-refractivity contribution is 9.10. The third kappa shape index (κ3) is 3.10. The summed E-state index contributed by atoms with van der Waals surface area (Å²) in [5, 5.41) is 17.8. The highest BCUT2D eigenvalue weighted by atomic mass is 79.9. The number of nitrogens with zero attached hydrogens (tertiary/aromatic N) is 1. The number of halogens is 1. The van der Waals surface area contributed by atoms with E-state index in [1.54, 1.807) is 6.07 Å². The molecule has 3 rings (SSSR count). The van der Waals surface area contributed by atoms with Crippen LogP contribution in [0.15, 0.2) is 46.9 Å². The number of rotatable bonds is 4. The van der Waals surface area contributed by atoms with E-state index in [0.717, 1.165) is 27.0 Å². The summed E-state index contributed by atoms with van der Waals surface area (Å²) in [6.45, 7) is 4.44. The maximum absolute atomic E-state index is 10.4. The summed E-state index contributed by atoms with van der Waals surface area (Å²) in [6.07, 6.45) is 0. The second kappa shape index (κ2) is 6.46. The molecule has 0 bridgehead atoms. The van der Waals surface area contributed by atoms with E-state index in [9.17, 15) is 5.11 Å². The van der Waals surface area contributed by atoms with Crippen molar-refractivity contribution in [2.45, 2.75) is 13.8 Å². The van der Waals surface area contributed by atoms with Crippen LogP contribution in [0.4, 0.5) is 0 Å². The normalized spacial score (nSPS) is 10.7. The fourth-order valence-electron chi connectivity index (χ4n) is 2.56. The number of aromatic amines is 1. The van der Waals surface area contributed by atoms with Crippen molar-refractivity contribution in [2.24, 2.45) is 0 Å². The van der Waals surface area contributed by atoms with E-state index in [2.05, 4.69) is 26.1 Å². The Morgan fingerprint density at radius 2 is 1.91 bits per heavy atom. The van der Waals surface area contributed by atoms with Crippen LogP contribution >= 0.6 is 15.9 Å². The summed E-state index contributed by atoms with van der Waals surface area (Å²) in [5.74, 6) is 0.798. The van der Waals surface area contributed by atoms with Gasteiger partial charge in [0.05, 0.1) is 6.61 Å². The van der Waals surface area contributed by atoms with Gasteiger partial charge in [-0.3, -0.25) is 5.10 Å². The van der Waals surface area contributed by atoms with Gasteiger partial charge in [0.25, 0.3) is 0 Å². The number of aromatic nitrogens is 2. The molecule has 3 aromatic rings. The molecule has 1 heterocycles. The Morgan fingerprint density at radius 1 is 1.17 bits per heavy atom. The topological polar surface area (TPSA) is 58.1 Å². The molecular formula is C18H17BrN2O2. The number of ether oxygens (including phenoxy) is 1. The maximum Gasteiger partial charge on any atom is 0.128 e. The quantitative estimate of drug-likeness (QED) is 0.683. The lowest BCUT2D eigenvalue weighted by Gasteiger charge is -2.09. The smallest absolute Gasteiger partial charge is 0.128 e. The van der Waals surface area contributed by atoms with Crippen LogP contribution in [0, 0.1) is 6.92 Å². The molecule has 1 aromatic heterocycles. The number of nitrogens with one attached hydrogen (secondary N) is 1. The molecule has 0 amide bonds. The van der Waals surface area contributed by atoms with E-state index in [-0.39, 0.29) is 5.75 Å². The Bertz CT molecular complexity index is 826. The molecule has 5 heteroatoms. The monoisotopic (exact) mass is 372 g/mol. The summed E-state index contributed by atoms with van der Waals surface area (Å²) >= 11 is 3.45. The van der Waals surface area contributed by atoms with Gasteiger partial charge in [-0.25, -0.2) is 0 Å². The van der Waals surface area contributed by atoms with E-state index in [1.165, 1.54) is 0 Å². The van der Waals surface area contributed by atoms with Crippen molar-refractivity contribution in [3.63, 3.8) is 0 Å². The maximum atomic E-state index is 10.4. The fourth-order valence-corrected chi connectivity index (χ4v) is 2.83. The number of phenolic OH excluding ortho intramolecular Hbond substituents is 1. The van der Waals surface area contributed by atoms with E-state index in [1.807, 2.05) is 50.2 Å². The van der Waals surface area contributed by atoms with Crippen LogP contribution in [0.2, 0.25) is 0 Å². The number of aryl methyl sites for hydroxylation is 1. The predicted octanol–water partition coefficient (Wildman–Crippen LogP) is 4.92. The SMILES string of the molecule is CCOc1ccc(-c2n[nH]c(C)c2-c2ccc(Br)cc2)c(O)c1. The largest absolute Gasteiger partial charge is 0.507 e. The van der Waals surface area contributed by atoms with Crippen LogP contribution in [0.5, 0.6) is 11.5 Å². The molecule has 2 N–H and O–H groups in total. The Morgan fingerprint density at radius 3 is 2.57 bits per heavy atom. The van der Waals surface area contributed by atoms with Gasteiger partial charge in [0.2, 0.25) is 0 Å². The van der Waals surface area contributed by atoms with Gasteiger partial charge < -0.3 is 9.84 Å². The Balaban J connectivity index is 2.09. The van der Waals surface area contributed by atoms with Gasteiger partial charge in [-0.2, -0.15) is 5.10 Å². The zero-order valence-electron chi connectivity index (χ0n) is 12.9. The Hall–Kier alpha value is -2.27. The van der Waals surface area contributed by atoms with E-state index < -0.39 is 0 Å². The summed E-state index contributed by atoms with van der Waals surface area (Å²) in [4.78, 5) is 0. The third-order valence-electron chi connectivity index (χ3n) is 3.62. The summed E-state index contributed by atoms with van der Waals surface area (Å²) in [7, 11) is 0. The first-order valence-corrected chi connectivity index (χ1v) is 8.16. The van der Waals surface area contributed by atoms with E-state index >= 15 is 0 Å². The molecule has 0 spiro atoms. The molecule has 0 unspecified atom stereocenters. The van der Waals surface area contributed by atoms with E-state index in [0.29, 0.717) is 17.9 Å². The molecule has 0 saturated heterocycles. The molecule has 0 atom stereocenters. The average molecular weight is 373 g/mol. The predicted molar refractivity (Wildman–Crippen MR) is 94.7 cm³/mol. The first-order chi connectivity index (χ1) is 11.1. The second-order valence-electron chi connectivity index (χ2n) is 5.19. The molecule has 0 aliphatic rings. The van der Waals surface area contributed by atoms with Crippen molar-refractivity contribution in [3.8, 4) is 33.9 Å². The standard InChI is InChI=1S/C18H17BrN2O2/c1-3-23-14-8-9-15(16(22)10-14)18-17(11(2)20-21-18)12-4-6-13(19)7-5-12/h4-10,22H,3H2,1-2H3,(H,20,21). The average Bonchev–Trinajstić information content (AvgIpc) is 2.90. The van der Waals surface area contributed by atoms with Crippen LogP contribution in [0.25, 0.3) is 22.4 Å². The molecule has 2 aromatic carbocycles. The molecule has 23 heavy (non-hydrogen) atoms. The van der Waals surface area contributed by atoms with Gasteiger partial charge in [-0.15, -0.1) is 0 Å².